The Kier molecular flexibility index (Phi) is 5.36. The lowest BCUT2D eigenvalue weighted by Crippen LogP contribution is -2.41. The van der Waals surface area contributed by atoms with Crippen molar-refractivity contribution in [3.05, 3.63) is 11.6 Å². The topological polar surface area (TPSA) is 52.6 Å². The van der Waals surface area contributed by atoms with Gasteiger partial charge in [-0.2, -0.15) is 0 Å². The van der Waals surface area contributed by atoms with Crippen molar-refractivity contribution in [3.8, 4) is 0 Å². The number of esters is 2. The summed E-state index contributed by atoms with van der Waals surface area (Å²) in [7, 11) is 2.38. The molecule has 15 heavy (non-hydrogen) atoms. The minimum atomic E-state index is -1.58. The fraction of sp³-hybridized carbons (Fsp3) is 0.600. The van der Waals surface area contributed by atoms with Crippen molar-refractivity contribution in [1.29, 1.82) is 0 Å². The second kappa shape index (κ2) is 5.75. The van der Waals surface area contributed by atoms with Crippen LogP contribution in [0.4, 0.5) is 0 Å². The molecule has 0 rings (SSSR count). The van der Waals surface area contributed by atoms with E-state index in [2.05, 4.69) is 16.1 Å². The van der Waals surface area contributed by atoms with Gasteiger partial charge >= 0.3 is 11.9 Å². The maximum Gasteiger partial charge on any atom is 0.328 e. The Labute approximate surface area is 94.2 Å². The normalized spacial score (nSPS) is 10.7. The van der Waals surface area contributed by atoms with Gasteiger partial charge in [0, 0.05) is 5.03 Å². The van der Waals surface area contributed by atoms with E-state index in [0.717, 1.165) is 0 Å². The molecule has 0 saturated carbocycles. The first-order chi connectivity index (χ1) is 6.97. The zero-order chi connectivity index (χ0) is 12.1. The minimum absolute atomic E-state index is 0.0805. The van der Waals surface area contributed by atoms with E-state index >= 15 is 0 Å². The van der Waals surface area contributed by atoms with E-state index in [4.69, 9.17) is 11.6 Å². The maximum absolute atomic E-state index is 11.6. The number of halogens is 1. The molecule has 0 radical (unpaired) electrons. The van der Waals surface area contributed by atoms with Gasteiger partial charge < -0.3 is 9.47 Å². The summed E-state index contributed by atoms with van der Waals surface area (Å²) in [6.45, 7) is 5.27. The van der Waals surface area contributed by atoms with Crippen LogP contribution in [0.2, 0.25) is 0 Å². The third-order valence-electron chi connectivity index (χ3n) is 2.16. The number of carbonyl (C=O) groups is 2. The number of hydrogen-bond donors (Lipinski definition) is 0. The van der Waals surface area contributed by atoms with Gasteiger partial charge in [0.2, 0.25) is 0 Å². The summed E-state index contributed by atoms with van der Waals surface area (Å²) >= 11 is 5.73. The van der Waals surface area contributed by atoms with Crippen molar-refractivity contribution in [2.24, 2.45) is 5.41 Å². The molecule has 0 aromatic carbocycles. The summed E-state index contributed by atoms with van der Waals surface area (Å²) in [5.41, 5.74) is -1.58. The lowest BCUT2D eigenvalue weighted by atomic mass is 9.83. The van der Waals surface area contributed by atoms with E-state index < -0.39 is 17.4 Å². The van der Waals surface area contributed by atoms with Gasteiger partial charge in [0.15, 0.2) is 5.41 Å². The van der Waals surface area contributed by atoms with Crippen molar-refractivity contribution >= 4 is 23.5 Å². The van der Waals surface area contributed by atoms with Crippen molar-refractivity contribution in [2.45, 2.75) is 19.8 Å². The quantitative estimate of drug-likeness (QED) is 0.538. The van der Waals surface area contributed by atoms with E-state index in [9.17, 15) is 9.59 Å². The number of carbonyl (C=O) groups excluding carboxylic acids is 2. The van der Waals surface area contributed by atoms with E-state index in [1.54, 1.807) is 0 Å². The largest absolute Gasteiger partial charge is 0.468 e. The first-order valence-electron chi connectivity index (χ1n) is 4.49. The van der Waals surface area contributed by atoms with Crippen LogP contribution in [0.1, 0.15) is 19.8 Å². The average molecular weight is 235 g/mol. The lowest BCUT2D eigenvalue weighted by Gasteiger charge is -2.26. The summed E-state index contributed by atoms with van der Waals surface area (Å²) in [6, 6.07) is 0. The molecule has 0 unspecified atom stereocenters. The van der Waals surface area contributed by atoms with Crippen LogP contribution in [-0.4, -0.2) is 26.2 Å². The fourth-order valence-electron chi connectivity index (χ4n) is 1.37. The molecule has 5 heteroatoms. The summed E-state index contributed by atoms with van der Waals surface area (Å²) < 4.78 is 9.14. The minimum Gasteiger partial charge on any atom is -0.468 e. The molecule has 0 aliphatic carbocycles. The van der Waals surface area contributed by atoms with Gasteiger partial charge in [-0.05, 0) is 6.42 Å². The molecule has 0 aromatic heterocycles. The van der Waals surface area contributed by atoms with Gasteiger partial charge in [-0.15, -0.1) is 0 Å². The molecule has 0 saturated heterocycles. The Morgan fingerprint density at radius 1 is 1.27 bits per heavy atom. The van der Waals surface area contributed by atoms with Crippen LogP contribution in [-0.2, 0) is 19.1 Å². The molecular weight excluding hydrogens is 220 g/mol. The van der Waals surface area contributed by atoms with E-state index in [-0.39, 0.29) is 11.5 Å². The van der Waals surface area contributed by atoms with Crippen molar-refractivity contribution in [3.63, 3.8) is 0 Å². The summed E-state index contributed by atoms with van der Waals surface area (Å²) in [5.74, 6) is -1.48. The maximum atomic E-state index is 11.6. The second-order valence-electron chi connectivity index (χ2n) is 3.04. The third kappa shape index (κ3) is 2.50. The highest BCUT2D eigenvalue weighted by Crippen LogP contribution is 2.37. The summed E-state index contributed by atoms with van der Waals surface area (Å²) in [4.78, 5) is 23.2. The molecule has 0 heterocycles. The Balaban J connectivity index is 5.36. The van der Waals surface area contributed by atoms with Crippen molar-refractivity contribution in [1.82, 2.24) is 0 Å². The van der Waals surface area contributed by atoms with Crippen LogP contribution in [0.5, 0.6) is 0 Å². The van der Waals surface area contributed by atoms with Crippen LogP contribution >= 0.6 is 11.6 Å². The van der Waals surface area contributed by atoms with Crippen LogP contribution < -0.4 is 0 Å². The molecule has 0 aliphatic rings. The zero-order valence-corrected chi connectivity index (χ0v) is 9.89. The predicted molar refractivity (Wildman–Crippen MR) is 56.4 cm³/mol. The standard InChI is InChI=1S/C10H15ClO4/c1-5-6-10(7(2)11,8(12)14-3)9(13)15-4/h2,5-6H2,1,3-4H3. The van der Waals surface area contributed by atoms with Crippen LogP contribution in [0.3, 0.4) is 0 Å². The molecule has 0 bridgehead atoms. The Bertz CT molecular complexity index is 257. The van der Waals surface area contributed by atoms with Gasteiger partial charge in [0.25, 0.3) is 0 Å². The average Bonchev–Trinajstić information content (AvgIpc) is 2.23. The van der Waals surface area contributed by atoms with Gasteiger partial charge in [-0.3, -0.25) is 9.59 Å². The summed E-state index contributed by atoms with van der Waals surface area (Å²) in [5, 5.41) is -0.0805. The lowest BCUT2D eigenvalue weighted by molar-refractivity contribution is -0.165. The Morgan fingerprint density at radius 3 is 1.87 bits per heavy atom. The van der Waals surface area contributed by atoms with Crippen LogP contribution in [0, 0.1) is 5.41 Å². The fourth-order valence-corrected chi connectivity index (χ4v) is 1.62. The van der Waals surface area contributed by atoms with Crippen molar-refractivity contribution < 1.29 is 19.1 Å². The molecular formula is C10H15ClO4. The van der Waals surface area contributed by atoms with Gasteiger partial charge in [-0.1, -0.05) is 31.5 Å². The van der Waals surface area contributed by atoms with Crippen LogP contribution in [0.25, 0.3) is 0 Å². The van der Waals surface area contributed by atoms with E-state index in [0.29, 0.717) is 6.42 Å². The first kappa shape index (κ1) is 14.0. The molecule has 86 valence electrons. The highest BCUT2D eigenvalue weighted by molar-refractivity contribution is 6.34. The number of ether oxygens (including phenoxy) is 2. The smallest absolute Gasteiger partial charge is 0.328 e. The van der Waals surface area contributed by atoms with Crippen molar-refractivity contribution in [2.75, 3.05) is 14.2 Å². The number of rotatable bonds is 5. The molecule has 4 nitrogen and oxygen atoms in total. The molecule has 0 N–H and O–H groups in total. The molecule has 0 spiro atoms. The molecule has 0 atom stereocenters. The Hall–Kier alpha value is -1.03. The predicted octanol–water partition coefficient (Wildman–Crippen LogP) is 1.87. The molecule has 0 amide bonds. The highest BCUT2D eigenvalue weighted by atomic mass is 35.5. The molecule has 0 aromatic rings. The highest BCUT2D eigenvalue weighted by Gasteiger charge is 2.49. The Morgan fingerprint density at radius 2 is 1.67 bits per heavy atom. The first-order valence-corrected chi connectivity index (χ1v) is 4.86. The number of hydrogen-bond acceptors (Lipinski definition) is 4. The molecule has 0 fully saturated rings. The number of methoxy groups -OCH3 is 2. The van der Waals surface area contributed by atoms with Gasteiger partial charge in [-0.25, -0.2) is 0 Å². The SMILES string of the molecule is C=C(Cl)C(CCC)(C(=O)OC)C(=O)OC. The third-order valence-corrected chi connectivity index (χ3v) is 2.48. The van der Waals surface area contributed by atoms with Gasteiger partial charge in [0.1, 0.15) is 0 Å². The molecule has 0 aliphatic heterocycles. The van der Waals surface area contributed by atoms with Gasteiger partial charge in [0.05, 0.1) is 14.2 Å². The monoisotopic (exact) mass is 234 g/mol. The van der Waals surface area contributed by atoms with E-state index in [1.807, 2.05) is 6.92 Å². The zero-order valence-electron chi connectivity index (χ0n) is 9.13. The van der Waals surface area contributed by atoms with Crippen LogP contribution in [0.15, 0.2) is 11.6 Å². The van der Waals surface area contributed by atoms with E-state index in [1.165, 1.54) is 14.2 Å². The summed E-state index contributed by atoms with van der Waals surface area (Å²) in [6.07, 6.45) is 0.796. The second-order valence-corrected chi connectivity index (χ2v) is 3.50.